The molecule has 132 valence electrons. The number of nitrogens with zero attached hydrogens (tertiary/aromatic N) is 2. The zero-order chi connectivity index (χ0) is 18.9. The Morgan fingerprint density at radius 2 is 1.52 bits per heavy atom. The second kappa shape index (κ2) is 6.54. The van der Waals surface area contributed by atoms with E-state index < -0.39 is 22.7 Å². The fourth-order valence-electron chi connectivity index (χ4n) is 2.69. The number of halogens is 3. The number of hydrogen-bond donors (Lipinski definition) is 0. The molecule has 0 aromatic heterocycles. The Kier molecular flexibility index (Phi) is 4.82. The number of amides is 1. The number of carbonyl (C=O) groups is 1. The zero-order valence-electron chi connectivity index (χ0n) is 13.7. The van der Waals surface area contributed by atoms with E-state index in [1.807, 2.05) is 6.92 Å². The monoisotopic (exact) mass is 352 g/mol. The lowest BCUT2D eigenvalue weighted by Gasteiger charge is -2.18. The summed E-state index contributed by atoms with van der Waals surface area (Å²) in [6.07, 6.45) is -4.55. The molecule has 2 rings (SSSR count). The van der Waals surface area contributed by atoms with E-state index in [4.69, 9.17) is 0 Å². The highest BCUT2D eigenvalue weighted by Crippen LogP contribution is 2.31. The van der Waals surface area contributed by atoms with Gasteiger partial charge in [-0.05, 0) is 61.2 Å². The summed E-state index contributed by atoms with van der Waals surface area (Å²) in [6, 6.07) is 6.69. The van der Waals surface area contributed by atoms with Crippen molar-refractivity contribution in [3.63, 3.8) is 0 Å². The van der Waals surface area contributed by atoms with Gasteiger partial charge in [-0.3, -0.25) is 4.79 Å². The maximum atomic E-state index is 12.6. The van der Waals surface area contributed by atoms with Crippen molar-refractivity contribution in [2.75, 3.05) is 5.01 Å². The quantitative estimate of drug-likeness (QED) is 0.605. The lowest BCUT2D eigenvalue weighted by Crippen LogP contribution is -2.37. The predicted molar refractivity (Wildman–Crippen MR) is 85.9 cm³/mol. The van der Waals surface area contributed by atoms with Crippen molar-refractivity contribution in [3.8, 4) is 0 Å². The van der Waals surface area contributed by atoms with Crippen LogP contribution in [0.1, 0.15) is 32.6 Å². The first-order valence-corrected chi connectivity index (χ1v) is 7.26. The van der Waals surface area contributed by atoms with Crippen LogP contribution in [0.25, 0.3) is 0 Å². The number of carbonyl (C=O) groups excluding carboxylic acids is 1. The zero-order valence-corrected chi connectivity index (χ0v) is 13.7. The molecule has 0 bridgehead atoms. The molecule has 2 aromatic rings. The van der Waals surface area contributed by atoms with Gasteiger partial charge in [-0.25, -0.2) is 10.1 Å². The third-order valence-electron chi connectivity index (χ3n) is 3.66. The smallest absolute Gasteiger partial charge is 0.262 e. The highest BCUT2D eigenvalue weighted by atomic mass is 19.4. The third kappa shape index (κ3) is 3.78. The molecule has 0 heterocycles. The minimum atomic E-state index is -4.55. The lowest BCUT2D eigenvalue weighted by atomic mass is 10.0. The summed E-state index contributed by atoms with van der Waals surface area (Å²) in [5, 5.41) is 11.0. The molecule has 0 radical (unpaired) electrons. The first kappa shape index (κ1) is 18.4. The van der Waals surface area contributed by atoms with Crippen molar-refractivity contribution in [2.24, 2.45) is 0 Å². The van der Waals surface area contributed by atoms with E-state index in [-0.39, 0.29) is 11.3 Å². The average Bonchev–Trinajstić information content (AvgIpc) is 2.49. The molecule has 0 saturated heterocycles. The molecule has 0 aliphatic rings. The summed E-state index contributed by atoms with van der Waals surface area (Å²) in [5.74, 6) is -1.01. The Morgan fingerprint density at radius 3 is 1.92 bits per heavy atom. The van der Waals surface area contributed by atoms with Crippen LogP contribution in [0, 0.1) is 30.9 Å². The van der Waals surface area contributed by atoms with Gasteiger partial charge in [0.05, 0.1) is 5.56 Å². The van der Waals surface area contributed by atoms with Gasteiger partial charge in [-0.1, -0.05) is 17.7 Å². The summed E-state index contributed by atoms with van der Waals surface area (Å²) < 4.78 is 37.8. The van der Waals surface area contributed by atoms with Crippen LogP contribution in [0.3, 0.4) is 0 Å². The minimum absolute atomic E-state index is 0.112. The molecule has 0 N–H and O–H groups in total. The van der Waals surface area contributed by atoms with Gasteiger partial charge in [-0.2, -0.15) is 13.2 Å². The Balaban J connectivity index is 2.49. The second-order valence-electron chi connectivity index (χ2n) is 5.68. The molecule has 2 aromatic carbocycles. The first-order chi connectivity index (χ1) is 11.5. The number of hydrogen-bond acceptors (Lipinski definition) is 3. The van der Waals surface area contributed by atoms with E-state index in [1.165, 1.54) is 0 Å². The predicted octanol–water partition coefficient (Wildman–Crippen LogP) is 4.47. The highest BCUT2D eigenvalue weighted by molar-refractivity contribution is 6.05. The summed E-state index contributed by atoms with van der Waals surface area (Å²) in [6.45, 7) is 5.08. The molecule has 0 fully saturated rings. The maximum Gasteiger partial charge on any atom is 0.416 e. The fraction of sp³-hybridized carbons (Fsp3) is 0.235. The Bertz CT molecular complexity index is 807. The summed E-state index contributed by atoms with van der Waals surface area (Å²) in [7, 11) is 0. The molecule has 0 atom stereocenters. The van der Waals surface area contributed by atoms with Gasteiger partial charge in [0.2, 0.25) is 0 Å². The van der Waals surface area contributed by atoms with Crippen LogP contribution in [0.4, 0.5) is 18.9 Å². The maximum absolute atomic E-state index is 12.6. The molecule has 5 nitrogen and oxygen atoms in total. The van der Waals surface area contributed by atoms with Gasteiger partial charge < -0.3 is 0 Å². The normalized spacial score (nSPS) is 11.3. The second-order valence-corrected chi connectivity index (χ2v) is 5.68. The fourth-order valence-corrected chi connectivity index (χ4v) is 2.69. The summed E-state index contributed by atoms with van der Waals surface area (Å²) in [5.41, 5.74) is 0.900. The van der Waals surface area contributed by atoms with Gasteiger partial charge in [-0.15, -0.1) is 0 Å². The first-order valence-electron chi connectivity index (χ1n) is 7.26. The standard InChI is InChI=1S/C17H15F3N2O3/c1-10-8-11(2)15(12(3)9-10)21(22(24)25)16(23)13-4-6-14(7-5-13)17(18,19)20/h4-9H,1-3H3. The van der Waals surface area contributed by atoms with E-state index in [9.17, 15) is 28.1 Å². The number of hydrazine groups is 1. The van der Waals surface area contributed by atoms with Gasteiger partial charge in [0.15, 0.2) is 5.03 Å². The molecular formula is C17H15F3N2O3. The minimum Gasteiger partial charge on any atom is -0.262 e. The van der Waals surface area contributed by atoms with E-state index in [0.717, 1.165) is 29.8 Å². The van der Waals surface area contributed by atoms with Crippen LogP contribution in [0.15, 0.2) is 36.4 Å². The van der Waals surface area contributed by atoms with Crippen molar-refractivity contribution in [3.05, 3.63) is 74.3 Å². The molecular weight excluding hydrogens is 337 g/mol. The Hall–Kier alpha value is -2.90. The number of rotatable bonds is 3. The molecule has 25 heavy (non-hydrogen) atoms. The van der Waals surface area contributed by atoms with E-state index in [1.54, 1.807) is 26.0 Å². The number of aryl methyl sites for hydroxylation is 3. The van der Waals surface area contributed by atoms with Gasteiger partial charge in [0.25, 0.3) is 0 Å². The summed E-state index contributed by atoms with van der Waals surface area (Å²) >= 11 is 0. The molecule has 0 aliphatic heterocycles. The average molecular weight is 352 g/mol. The third-order valence-corrected chi connectivity index (χ3v) is 3.66. The van der Waals surface area contributed by atoms with Crippen LogP contribution in [0.2, 0.25) is 0 Å². The topological polar surface area (TPSA) is 63.5 Å². The highest BCUT2D eigenvalue weighted by Gasteiger charge is 2.33. The summed E-state index contributed by atoms with van der Waals surface area (Å²) in [4.78, 5) is 24.0. The van der Waals surface area contributed by atoms with E-state index in [2.05, 4.69) is 0 Å². The van der Waals surface area contributed by atoms with E-state index >= 15 is 0 Å². The van der Waals surface area contributed by atoms with Gasteiger partial charge in [0.1, 0.15) is 5.69 Å². The van der Waals surface area contributed by atoms with Gasteiger partial charge >= 0.3 is 12.1 Å². The Morgan fingerprint density at radius 1 is 1.04 bits per heavy atom. The van der Waals surface area contributed by atoms with Crippen molar-refractivity contribution >= 4 is 11.6 Å². The molecule has 8 heteroatoms. The number of nitro groups is 1. The number of anilines is 1. The van der Waals surface area contributed by atoms with Crippen molar-refractivity contribution < 1.29 is 23.0 Å². The van der Waals surface area contributed by atoms with Crippen molar-refractivity contribution in [2.45, 2.75) is 26.9 Å². The number of alkyl halides is 3. The molecule has 0 saturated carbocycles. The molecule has 0 unspecified atom stereocenters. The van der Waals surface area contributed by atoms with Gasteiger partial charge in [0, 0.05) is 5.56 Å². The van der Waals surface area contributed by atoms with Crippen LogP contribution in [-0.4, -0.2) is 10.9 Å². The molecule has 1 amide bonds. The van der Waals surface area contributed by atoms with Crippen molar-refractivity contribution in [1.82, 2.24) is 0 Å². The lowest BCUT2D eigenvalue weighted by molar-refractivity contribution is -0.481. The van der Waals surface area contributed by atoms with Crippen molar-refractivity contribution in [1.29, 1.82) is 0 Å². The molecule has 0 aliphatic carbocycles. The SMILES string of the molecule is Cc1cc(C)c(N(C(=O)c2ccc(C(F)(F)F)cc2)[N+](=O)[O-])c(C)c1. The van der Waals surface area contributed by atoms with E-state index in [0.29, 0.717) is 16.1 Å². The largest absolute Gasteiger partial charge is 0.416 e. The Labute approximate surface area is 141 Å². The van der Waals surface area contributed by atoms with Crippen LogP contribution < -0.4 is 5.01 Å². The number of benzene rings is 2. The van der Waals surface area contributed by atoms with Crippen LogP contribution in [0.5, 0.6) is 0 Å². The van der Waals surface area contributed by atoms with Crippen LogP contribution >= 0.6 is 0 Å². The molecule has 0 spiro atoms. The van der Waals surface area contributed by atoms with Crippen LogP contribution in [-0.2, 0) is 6.18 Å².